The number of nitrogens with two attached hydrogens (primary N) is 2. The van der Waals surface area contributed by atoms with Gasteiger partial charge in [-0.15, -0.1) is 0 Å². The second-order valence-electron chi connectivity index (χ2n) is 10.7. The number of primary amides is 1. The Morgan fingerprint density at radius 2 is 1.57 bits per heavy atom. The molecule has 0 aromatic rings. The number of amides is 7. The number of aliphatic carboxylic acids is 1. The Kier molecular flexibility index (Phi) is 15.7. The van der Waals surface area contributed by atoms with Crippen LogP contribution in [0.3, 0.4) is 0 Å². The van der Waals surface area contributed by atoms with E-state index in [0.717, 1.165) is 4.90 Å². The Labute approximate surface area is 254 Å². The summed E-state index contributed by atoms with van der Waals surface area (Å²) in [6.45, 7) is 4.50. The smallest absolute Gasteiger partial charge is 0.305 e. The maximum Gasteiger partial charge on any atom is 0.305 e. The van der Waals surface area contributed by atoms with Crippen LogP contribution in [0.15, 0.2) is 0 Å². The molecule has 0 aromatic carbocycles. The molecule has 5 atom stereocenters. The van der Waals surface area contributed by atoms with Gasteiger partial charge in [-0.2, -0.15) is 0 Å². The highest BCUT2D eigenvalue weighted by atomic mass is 16.4. The molecule has 1 rings (SSSR count). The number of carboxylic acids is 1. The summed E-state index contributed by atoms with van der Waals surface area (Å²) in [5.41, 5.74) is 10.9. The topological polar surface area (TPSA) is 292 Å². The first-order valence-corrected chi connectivity index (χ1v) is 14.2. The fraction of sp³-hybridized carbons (Fsp3) is 0.692. The maximum absolute atomic E-state index is 13.0. The average molecular weight is 629 g/mol. The number of carboxylic acid groups (broad SMARTS) is 1. The first kappa shape index (κ1) is 37.7. The Balaban J connectivity index is 2.85. The number of hydrogen-bond acceptors (Lipinski definition) is 10. The molecule has 0 radical (unpaired) electrons. The first-order chi connectivity index (χ1) is 20.6. The van der Waals surface area contributed by atoms with Crippen molar-refractivity contribution in [1.29, 1.82) is 0 Å². The minimum Gasteiger partial charge on any atom is -0.481 e. The van der Waals surface area contributed by atoms with Crippen molar-refractivity contribution in [2.75, 3.05) is 26.2 Å². The van der Waals surface area contributed by atoms with Gasteiger partial charge in [0.25, 0.3) is 0 Å². The van der Waals surface area contributed by atoms with Gasteiger partial charge in [0.15, 0.2) is 0 Å². The second-order valence-corrected chi connectivity index (χ2v) is 10.7. The molecule has 5 unspecified atom stereocenters. The highest BCUT2D eigenvalue weighted by molar-refractivity contribution is 5.98. The molecule has 1 heterocycles. The van der Waals surface area contributed by atoms with Crippen molar-refractivity contribution in [3.8, 4) is 0 Å². The standard InChI is InChI=1S/C26H44N8O10/c1-13(2)21(25(43)30-12-19(37)29-7-5-9-35)33-22(40)14(3)31-23(41)16(11-18(28)36)32-24(42)17-6-4-8-34(17)26(44)15(27)10-20(38)39/h13-17,21,35H,4-12,27H2,1-3H3,(H2,28,36)(H,29,37)(H,30,43)(H,31,41)(H,32,42)(H,33,40)(H,38,39). The van der Waals surface area contributed by atoms with E-state index in [1.807, 2.05) is 0 Å². The van der Waals surface area contributed by atoms with Crippen molar-refractivity contribution < 1.29 is 48.6 Å². The first-order valence-electron chi connectivity index (χ1n) is 14.2. The lowest BCUT2D eigenvalue weighted by atomic mass is 10.0. The van der Waals surface area contributed by atoms with Crippen LogP contribution in [0.4, 0.5) is 0 Å². The number of carbonyl (C=O) groups is 8. The van der Waals surface area contributed by atoms with Gasteiger partial charge in [-0.3, -0.25) is 38.4 Å². The van der Waals surface area contributed by atoms with Crippen LogP contribution < -0.4 is 38.1 Å². The predicted octanol–water partition coefficient (Wildman–Crippen LogP) is -4.60. The third-order valence-electron chi connectivity index (χ3n) is 6.67. The number of likely N-dealkylation sites (tertiary alicyclic amines) is 1. The van der Waals surface area contributed by atoms with E-state index in [1.165, 1.54) is 6.92 Å². The molecule has 18 heteroatoms. The van der Waals surface area contributed by atoms with Crippen LogP contribution in [0.1, 0.15) is 52.9 Å². The molecule has 0 aliphatic carbocycles. The summed E-state index contributed by atoms with van der Waals surface area (Å²) in [7, 11) is 0. The molecule has 248 valence electrons. The zero-order valence-electron chi connectivity index (χ0n) is 25.1. The molecule has 1 fully saturated rings. The van der Waals surface area contributed by atoms with Crippen LogP contribution in [0, 0.1) is 5.92 Å². The summed E-state index contributed by atoms with van der Waals surface area (Å²) in [5, 5.41) is 29.8. The normalized spacial score (nSPS) is 17.0. The van der Waals surface area contributed by atoms with Crippen LogP contribution in [-0.2, 0) is 38.4 Å². The molecule has 1 aliphatic heterocycles. The highest BCUT2D eigenvalue weighted by Gasteiger charge is 2.38. The van der Waals surface area contributed by atoms with Gasteiger partial charge < -0.3 is 53.2 Å². The third-order valence-corrected chi connectivity index (χ3v) is 6.67. The summed E-state index contributed by atoms with van der Waals surface area (Å²) in [5.74, 6) is -7.05. The van der Waals surface area contributed by atoms with E-state index in [0.29, 0.717) is 12.8 Å². The van der Waals surface area contributed by atoms with Crippen LogP contribution in [-0.4, -0.2) is 119 Å². The number of aliphatic hydroxyl groups excluding tert-OH is 1. The molecule has 44 heavy (non-hydrogen) atoms. The monoisotopic (exact) mass is 628 g/mol. The van der Waals surface area contributed by atoms with E-state index in [-0.39, 0.29) is 32.7 Å². The lowest BCUT2D eigenvalue weighted by molar-refractivity contribution is -0.144. The van der Waals surface area contributed by atoms with Gasteiger partial charge in [0, 0.05) is 19.7 Å². The molecule has 0 spiro atoms. The molecule has 18 nitrogen and oxygen atoms in total. The highest BCUT2D eigenvalue weighted by Crippen LogP contribution is 2.19. The molecular formula is C26H44N8O10. The Morgan fingerprint density at radius 1 is 0.909 bits per heavy atom. The van der Waals surface area contributed by atoms with Crippen LogP contribution in [0.2, 0.25) is 0 Å². The number of rotatable bonds is 18. The number of aliphatic hydroxyl groups is 1. The summed E-state index contributed by atoms with van der Waals surface area (Å²) in [4.78, 5) is 99.7. The molecule has 11 N–H and O–H groups in total. The Bertz CT molecular complexity index is 1090. The lowest BCUT2D eigenvalue weighted by Crippen LogP contribution is -2.59. The molecule has 0 bridgehead atoms. The summed E-state index contributed by atoms with van der Waals surface area (Å²) in [6, 6.07) is -6.30. The zero-order valence-corrected chi connectivity index (χ0v) is 25.1. The zero-order chi connectivity index (χ0) is 33.6. The average Bonchev–Trinajstić information content (AvgIpc) is 3.43. The van der Waals surface area contributed by atoms with Crippen molar-refractivity contribution in [1.82, 2.24) is 31.5 Å². The Morgan fingerprint density at radius 3 is 2.14 bits per heavy atom. The van der Waals surface area contributed by atoms with Crippen molar-refractivity contribution in [2.24, 2.45) is 17.4 Å². The number of nitrogens with zero attached hydrogens (tertiary/aromatic N) is 1. The number of carbonyl (C=O) groups excluding carboxylic acids is 7. The van der Waals surface area contributed by atoms with Crippen molar-refractivity contribution in [2.45, 2.75) is 83.1 Å². The number of nitrogens with one attached hydrogen (secondary N) is 5. The fourth-order valence-electron chi connectivity index (χ4n) is 4.31. The van der Waals surface area contributed by atoms with Gasteiger partial charge in [-0.1, -0.05) is 13.8 Å². The van der Waals surface area contributed by atoms with Gasteiger partial charge in [0.1, 0.15) is 24.2 Å². The Hall–Kier alpha value is -4.32. The van der Waals surface area contributed by atoms with Gasteiger partial charge in [-0.05, 0) is 32.1 Å². The SMILES string of the molecule is CC(NC(=O)C(CC(N)=O)NC(=O)C1CCCN1C(=O)C(N)CC(=O)O)C(=O)NC(C(=O)NCC(=O)NCCCO)C(C)C. The predicted molar refractivity (Wildman–Crippen MR) is 153 cm³/mol. The summed E-state index contributed by atoms with van der Waals surface area (Å²) >= 11 is 0. The van der Waals surface area contributed by atoms with Gasteiger partial charge in [0.2, 0.25) is 41.4 Å². The second kappa shape index (κ2) is 18.4. The van der Waals surface area contributed by atoms with Gasteiger partial charge >= 0.3 is 5.97 Å². The molecule has 1 saturated heterocycles. The quantitative estimate of drug-likeness (QED) is 0.0651. The molecular weight excluding hydrogens is 584 g/mol. The molecule has 0 aromatic heterocycles. The minimum absolute atomic E-state index is 0.107. The van der Waals surface area contributed by atoms with Crippen LogP contribution in [0.5, 0.6) is 0 Å². The number of hydrogen-bond donors (Lipinski definition) is 9. The summed E-state index contributed by atoms with van der Waals surface area (Å²) in [6.07, 6.45) is -0.324. The lowest BCUT2D eigenvalue weighted by Gasteiger charge is -2.28. The van der Waals surface area contributed by atoms with Gasteiger partial charge in [0.05, 0.1) is 25.4 Å². The molecule has 1 aliphatic rings. The van der Waals surface area contributed by atoms with E-state index in [4.69, 9.17) is 21.7 Å². The van der Waals surface area contributed by atoms with Crippen molar-refractivity contribution in [3.63, 3.8) is 0 Å². The van der Waals surface area contributed by atoms with Crippen LogP contribution >= 0.6 is 0 Å². The van der Waals surface area contributed by atoms with E-state index in [1.54, 1.807) is 13.8 Å². The molecule has 0 saturated carbocycles. The summed E-state index contributed by atoms with van der Waals surface area (Å²) < 4.78 is 0. The van der Waals surface area contributed by atoms with E-state index in [2.05, 4.69) is 26.6 Å². The van der Waals surface area contributed by atoms with E-state index < -0.39 is 96.3 Å². The van der Waals surface area contributed by atoms with Crippen molar-refractivity contribution >= 4 is 47.3 Å². The fourth-order valence-corrected chi connectivity index (χ4v) is 4.31. The maximum atomic E-state index is 13.0. The van der Waals surface area contributed by atoms with E-state index in [9.17, 15) is 38.4 Å². The minimum atomic E-state index is -1.52. The van der Waals surface area contributed by atoms with E-state index >= 15 is 0 Å². The van der Waals surface area contributed by atoms with Gasteiger partial charge in [-0.25, -0.2) is 0 Å². The largest absolute Gasteiger partial charge is 0.481 e. The van der Waals surface area contributed by atoms with Crippen molar-refractivity contribution in [3.05, 3.63) is 0 Å². The molecule has 7 amide bonds. The van der Waals surface area contributed by atoms with Crippen LogP contribution in [0.25, 0.3) is 0 Å². The third kappa shape index (κ3) is 12.5.